The second-order valence-corrected chi connectivity index (χ2v) is 2.48. The molecule has 0 fully saturated rings. The molecule has 11 heavy (non-hydrogen) atoms. The van der Waals surface area contributed by atoms with Gasteiger partial charge in [0, 0.05) is 17.8 Å². The summed E-state index contributed by atoms with van der Waals surface area (Å²) in [6, 6.07) is 0. The van der Waals surface area contributed by atoms with Crippen molar-refractivity contribution >= 4 is 18.5 Å². The van der Waals surface area contributed by atoms with Crippen LogP contribution >= 0.6 is 0 Å². The lowest BCUT2D eigenvalue weighted by Crippen LogP contribution is -2.33. The van der Waals surface area contributed by atoms with Crippen molar-refractivity contribution in [2.75, 3.05) is 0 Å². The zero-order valence-corrected chi connectivity index (χ0v) is 5.91. The lowest BCUT2D eigenvalue weighted by Gasteiger charge is -2.18. The molecule has 1 aliphatic carbocycles. The molecule has 58 valence electrons. The molecule has 0 amide bonds. The van der Waals surface area contributed by atoms with Gasteiger partial charge in [0.25, 0.3) is 0 Å². The predicted octanol–water partition coefficient (Wildman–Crippen LogP) is -0.171. The van der Waals surface area contributed by atoms with Crippen LogP contribution in [0, 0.1) is 10.8 Å². The summed E-state index contributed by atoms with van der Waals surface area (Å²) in [5, 5.41) is 32.1. The van der Waals surface area contributed by atoms with Crippen LogP contribution in [-0.2, 0) is 0 Å². The van der Waals surface area contributed by atoms with Gasteiger partial charge in [-0.2, -0.15) is 0 Å². The van der Waals surface area contributed by atoms with Crippen LogP contribution in [0.4, 0.5) is 0 Å². The van der Waals surface area contributed by atoms with E-state index in [1.165, 1.54) is 6.08 Å². The van der Waals surface area contributed by atoms with E-state index in [2.05, 4.69) is 0 Å². The van der Waals surface area contributed by atoms with Gasteiger partial charge in [-0.1, -0.05) is 6.08 Å². The normalized spacial score (nSPS) is 24.0. The van der Waals surface area contributed by atoms with E-state index in [0.29, 0.717) is 6.42 Å². The van der Waals surface area contributed by atoms with Gasteiger partial charge in [-0.25, -0.2) is 0 Å². The third-order valence-electron chi connectivity index (χ3n) is 1.64. The van der Waals surface area contributed by atoms with Gasteiger partial charge in [-0.05, 0) is 6.08 Å². The molecule has 1 unspecified atom stereocenters. The van der Waals surface area contributed by atoms with Crippen molar-refractivity contribution in [3.63, 3.8) is 0 Å². The third-order valence-corrected chi connectivity index (χ3v) is 1.64. The Hall–Kier alpha value is -0.935. The van der Waals surface area contributed by atoms with Gasteiger partial charge in [0.05, 0.1) is 5.82 Å². The smallest absolute Gasteiger partial charge is 0.426 e. The molecule has 0 aliphatic heterocycles. The first-order valence-electron chi connectivity index (χ1n) is 3.31. The Morgan fingerprint density at radius 1 is 1.45 bits per heavy atom. The summed E-state index contributed by atoms with van der Waals surface area (Å²) in [7, 11) is -1.61. The summed E-state index contributed by atoms with van der Waals surface area (Å²) >= 11 is 0. The maximum absolute atomic E-state index is 8.76. The zero-order valence-electron chi connectivity index (χ0n) is 5.91. The number of rotatable bonds is 1. The molecule has 1 aliphatic rings. The number of hydrogen-bond donors (Lipinski definition) is 4. The topological polar surface area (TPSA) is 88.2 Å². The molecule has 4 N–H and O–H groups in total. The van der Waals surface area contributed by atoms with E-state index in [9.17, 15) is 0 Å². The largest absolute Gasteiger partial charge is 0.467 e. The van der Waals surface area contributed by atoms with E-state index >= 15 is 0 Å². The highest BCUT2D eigenvalue weighted by Gasteiger charge is 2.31. The Morgan fingerprint density at radius 3 is 2.45 bits per heavy atom. The second-order valence-electron chi connectivity index (χ2n) is 2.48. The minimum absolute atomic E-state index is 0.0938. The van der Waals surface area contributed by atoms with Crippen molar-refractivity contribution < 1.29 is 10.0 Å². The molecule has 0 radical (unpaired) electrons. The first-order chi connectivity index (χ1) is 5.13. The Balaban J connectivity index is 2.83. The van der Waals surface area contributed by atoms with Gasteiger partial charge in [0.1, 0.15) is 0 Å². The molecule has 0 spiro atoms. The molecule has 5 heteroatoms. The standard InChI is InChI=1S/C6H9BN2O2/c8-4-2-1-3-5(9)6(4)7(10)11/h1-2,6,8-11H,3H2. The molecule has 1 atom stereocenters. The van der Waals surface area contributed by atoms with Gasteiger partial charge < -0.3 is 20.9 Å². The molecule has 1 rings (SSSR count). The first-order valence-corrected chi connectivity index (χ1v) is 3.31. The quantitative estimate of drug-likeness (QED) is 0.393. The van der Waals surface area contributed by atoms with Gasteiger partial charge in [-0.15, -0.1) is 0 Å². The van der Waals surface area contributed by atoms with Crippen LogP contribution in [0.1, 0.15) is 6.42 Å². The fourth-order valence-corrected chi connectivity index (χ4v) is 1.07. The minimum Gasteiger partial charge on any atom is -0.426 e. The fourth-order valence-electron chi connectivity index (χ4n) is 1.07. The monoisotopic (exact) mass is 152 g/mol. The molecule has 0 aromatic heterocycles. The Labute approximate surface area is 64.7 Å². The van der Waals surface area contributed by atoms with Gasteiger partial charge in [0.2, 0.25) is 0 Å². The van der Waals surface area contributed by atoms with Crippen LogP contribution in [0.2, 0.25) is 5.82 Å². The van der Waals surface area contributed by atoms with E-state index in [-0.39, 0.29) is 11.4 Å². The van der Waals surface area contributed by atoms with Gasteiger partial charge in [0.15, 0.2) is 0 Å². The highest BCUT2D eigenvalue weighted by molar-refractivity contribution is 6.58. The summed E-state index contributed by atoms with van der Waals surface area (Å²) in [5.41, 5.74) is 0.281. The van der Waals surface area contributed by atoms with Gasteiger partial charge in [-0.3, -0.25) is 0 Å². The van der Waals surface area contributed by atoms with E-state index in [0.717, 1.165) is 0 Å². The van der Waals surface area contributed by atoms with E-state index in [1.807, 2.05) is 0 Å². The molecule has 0 aromatic carbocycles. The summed E-state index contributed by atoms with van der Waals surface area (Å²) in [4.78, 5) is 0. The Kier molecular flexibility index (Phi) is 2.21. The maximum atomic E-state index is 8.76. The number of allylic oxidation sites excluding steroid dienone is 2. The van der Waals surface area contributed by atoms with E-state index < -0.39 is 12.9 Å². The molecule has 0 saturated carbocycles. The molecule has 4 nitrogen and oxygen atoms in total. The lowest BCUT2D eigenvalue weighted by atomic mass is 9.65. The van der Waals surface area contributed by atoms with E-state index in [4.69, 9.17) is 20.9 Å². The van der Waals surface area contributed by atoms with Crippen LogP contribution in [0.3, 0.4) is 0 Å². The van der Waals surface area contributed by atoms with Crippen LogP contribution in [0.25, 0.3) is 0 Å². The number of hydrogen-bond acceptors (Lipinski definition) is 4. The van der Waals surface area contributed by atoms with Crippen LogP contribution in [0.15, 0.2) is 12.2 Å². The highest BCUT2D eigenvalue weighted by Crippen LogP contribution is 2.18. The Morgan fingerprint density at radius 2 is 2.09 bits per heavy atom. The minimum atomic E-state index is -1.61. The fraction of sp³-hybridized carbons (Fsp3) is 0.333. The lowest BCUT2D eigenvalue weighted by molar-refractivity contribution is 0.407. The summed E-state index contributed by atoms with van der Waals surface area (Å²) in [6.07, 6.45) is 3.58. The van der Waals surface area contributed by atoms with Crippen molar-refractivity contribution in [3.05, 3.63) is 12.2 Å². The predicted molar refractivity (Wildman–Crippen MR) is 43.2 cm³/mol. The van der Waals surface area contributed by atoms with Gasteiger partial charge >= 0.3 is 7.12 Å². The maximum Gasteiger partial charge on any atom is 0.467 e. The van der Waals surface area contributed by atoms with Crippen LogP contribution in [0.5, 0.6) is 0 Å². The van der Waals surface area contributed by atoms with E-state index in [1.54, 1.807) is 6.08 Å². The first kappa shape index (κ1) is 8.16. The van der Waals surface area contributed by atoms with Crippen molar-refractivity contribution in [2.45, 2.75) is 12.2 Å². The van der Waals surface area contributed by atoms with Crippen molar-refractivity contribution in [2.24, 2.45) is 0 Å². The van der Waals surface area contributed by atoms with Crippen molar-refractivity contribution in [3.8, 4) is 0 Å². The zero-order chi connectivity index (χ0) is 8.43. The average Bonchev–Trinajstić information content (AvgIpc) is 1.85. The molecular weight excluding hydrogens is 143 g/mol. The molecule has 0 aromatic rings. The Bertz CT molecular complexity index is 225. The molecular formula is C6H9BN2O2. The SMILES string of the molecule is N=C1C=CCC(=N)C1B(O)O. The second kappa shape index (κ2) is 2.98. The van der Waals surface area contributed by atoms with Crippen LogP contribution in [-0.4, -0.2) is 28.6 Å². The molecule has 0 heterocycles. The summed E-state index contributed by atoms with van der Waals surface area (Å²) in [6.45, 7) is 0. The summed E-state index contributed by atoms with van der Waals surface area (Å²) in [5.74, 6) is -0.819. The van der Waals surface area contributed by atoms with Crippen molar-refractivity contribution in [1.29, 1.82) is 10.8 Å². The highest BCUT2D eigenvalue weighted by atomic mass is 16.4. The number of nitrogens with one attached hydrogen (secondary N) is 2. The van der Waals surface area contributed by atoms with Crippen LogP contribution < -0.4 is 0 Å². The molecule has 0 bridgehead atoms. The average molecular weight is 152 g/mol. The third kappa shape index (κ3) is 1.55. The van der Waals surface area contributed by atoms with Crippen molar-refractivity contribution in [1.82, 2.24) is 0 Å². The summed E-state index contributed by atoms with van der Waals surface area (Å²) < 4.78 is 0. The molecule has 0 saturated heterocycles.